The van der Waals surface area contributed by atoms with Crippen LogP contribution in [0.4, 0.5) is 4.39 Å². The summed E-state index contributed by atoms with van der Waals surface area (Å²) in [4.78, 5) is 11.2. The van der Waals surface area contributed by atoms with Gasteiger partial charge in [-0.1, -0.05) is 24.3 Å². The van der Waals surface area contributed by atoms with Gasteiger partial charge in [-0.05, 0) is 61.2 Å². The van der Waals surface area contributed by atoms with Gasteiger partial charge in [-0.25, -0.2) is 9.37 Å². The van der Waals surface area contributed by atoms with Crippen molar-refractivity contribution in [2.24, 2.45) is 4.99 Å². The average molecular weight is 447 g/mol. The van der Waals surface area contributed by atoms with Gasteiger partial charge >= 0.3 is 0 Å². The number of amidine groups is 1. The van der Waals surface area contributed by atoms with Gasteiger partial charge in [0.25, 0.3) is 0 Å². The molecule has 0 saturated carbocycles. The van der Waals surface area contributed by atoms with Gasteiger partial charge in [-0.3, -0.25) is 4.99 Å². The van der Waals surface area contributed by atoms with Crippen LogP contribution >= 0.6 is 0 Å². The number of benzene rings is 2. The molecule has 3 heterocycles. The summed E-state index contributed by atoms with van der Waals surface area (Å²) >= 11 is 0. The molecule has 33 heavy (non-hydrogen) atoms. The first-order chi connectivity index (χ1) is 16.0. The molecule has 170 valence electrons. The van der Waals surface area contributed by atoms with Crippen LogP contribution < -0.4 is 4.74 Å². The molecule has 1 saturated heterocycles. The number of piperidine rings is 1. The number of halogens is 1. The van der Waals surface area contributed by atoms with Crippen molar-refractivity contribution in [3.63, 3.8) is 0 Å². The number of rotatable bonds is 5. The molecule has 0 bridgehead atoms. The fourth-order valence-electron chi connectivity index (χ4n) is 4.91. The summed E-state index contributed by atoms with van der Waals surface area (Å²) in [6, 6.07) is 12.4. The summed E-state index contributed by atoms with van der Waals surface area (Å²) in [6.45, 7) is 3.19. The van der Waals surface area contributed by atoms with Crippen LogP contribution in [0.2, 0.25) is 0 Å². The Morgan fingerprint density at radius 2 is 2.00 bits per heavy atom. The molecule has 6 nitrogen and oxygen atoms in total. The molecule has 2 aromatic carbocycles. The summed E-state index contributed by atoms with van der Waals surface area (Å²) in [6.07, 6.45) is 8.73. The molecule has 0 unspecified atom stereocenters. The molecule has 2 aliphatic rings. The smallest absolute Gasteiger partial charge is 0.143 e. The maximum atomic E-state index is 13.5. The van der Waals surface area contributed by atoms with Crippen molar-refractivity contribution in [2.45, 2.75) is 31.4 Å². The van der Waals surface area contributed by atoms with E-state index in [1.54, 1.807) is 25.6 Å². The van der Waals surface area contributed by atoms with Crippen LogP contribution in [0.15, 0.2) is 66.1 Å². The minimum absolute atomic E-state index is 0.283. The number of hydrogen-bond acceptors (Lipinski definition) is 5. The van der Waals surface area contributed by atoms with Crippen LogP contribution in [0.1, 0.15) is 29.7 Å². The highest BCUT2D eigenvalue weighted by molar-refractivity contribution is 5.98. The van der Waals surface area contributed by atoms with E-state index in [1.165, 1.54) is 12.1 Å². The van der Waals surface area contributed by atoms with Gasteiger partial charge in [-0.2, -0.15) is 0 Å². The SMILES string of the molecule is COc1cc(/C=C/C2=NC[C@]3(c4ccc(F)cc4)[C@@H](O)CCCN23)ccc1-n1cnc(C)c1. The number of aliphatic imine (C=N–C) groups is 1. The van der Waals surface area contributed by atoms with Crippen LogP contribution in [0.3, 0.4) is 0 Å². The van der Waals surface area contributed by atoms with Crippen molar-refractivity contribution in [3.05, 3.63) is 83.7 Å². The first kappa shape index (κ1) is 21.4. The van der Waals surface area contributed by atoms with E-state index in [9.17, 15) is 9.50 Å². The van der Waals surface area contributed by atoms with Gasteiger partial charge in [0.15, 0.2) is 0 Å². The lowest BCUT2D eigenvalue weighted by molar-refractivity contribution is -0.0180. The molecule has 1 fully saturated rings. The molecule has 2 atom stereocenters. The topological polar surface area (TPSA) is 62.9 Å². The monoisotopic (exact) mass is 446 g/mol. The van der Waals surface area contributed by atoms with E-state index in [1.807, 2.05) is 48.0 Å². The van der Waals surface area contributed by atoms with E-state index < -0.39 is 11.6 Å². The van der Waals surface area contributed by atoms with E-state index in [-0.39, 0.29) is 5.82 Å². The predicted octanol–water partition coefficient (Wildman–Crippen LogP) is 4.11. The fraction of sp³-hybridized carbons (Fsp3) is 0.308. The third kappa shape index (κ3) is 3.72. The zero-order valence-corrected chi connectivity index (χ0v) is 18.8. The molecule has 0 aliphatic carbocycles. The molecule has 0 spiro atoms. The number of aliphatic hydroxyl groups is 1. The second kappa shape index (κ2) is 8.48. The first-order valence-electron chi connectivity index (χ1n) is 11.1. The number of nitrogens with zero attached hydrogens (tertiary/aromatic N) is 4. The number of aromatic nitrogens is 2. The molecular formula is C26H27FN4O2. The van der Waals surface area contributed by atoms with E-state index >= 15 is 0 Å². The summed E-state index contributed by atoms with van der Waals surface area (Å²) in [5, 5.41) is 11.0. The van der Waals surface area contributed by atoms with Crippen molar-refractivity contribution < 1.29 is 14.2 Å². The maximum Gasteiger partial charge on any atom is 0.143 e. The number of ether oxygens (including phenoxy) is 1. The quantitative estimate of drug-likeness (QED) is 0.641. The Bertz CT molecular complexity index is 1220. The second-order valence-corrected chi connectivity index (χ2v) is 8.60. The average Bonchev–Trinajstić information content (AvgIpc) is 3.43. The maximum absolute atomic E-state index is 13.5. The molecule has 7 heteroatoms. The first-order valence-corrected chi connectivity index (χ1v) is 11.1. The number of hydrogen-bond donors (Lipinski definition) is 1. The van der Waals surface area contributed by atoms with Crippen molar-refractivity contribution in [1.82, 2.24) is 14.5 Å². The van der Waals surface area contributed by atoms with E-state index in [0.717, 1.165) is 47.1 Å². The van der Waals surface area contributed by atoms with Gasteiger partial charge in [0.1, 0.15) is 22.9 Å². The molecule has 0 radical (unpaired) electrons. The summed E-state index contributed by atoms with van der Waals surface area (Å²) in [5.41, 5.74) is 3.08. The lowest BCUT2D eigenvalue weighted by Gasteiger charge is -2.47. The predicted molar refractivity (Wildman–Crippen MR) is 126 cm³/mol. The Labute approximate surface area is 192 Å². The molecular weight excluding hydrogens is 419 g/mol. The van der Waals surface area contributed by atoms with Crippen LogP contribution in [0.5, 0.6) is 5.75 Å². The number of fused-ring (bicyclic) bond motifs is 1. The number of imidazole rings is 1. The Hall–Kier alpha value is -3.45. The van der Waals surface area contributed by atoms with Gasteiger partial charge in [-0.15, -0.1) is 0 Å². The number of aryl methyl sites for hydroxylation is 1. The summed E-state index contributed by atoms with van der Waals surface area (Å²) in [7, 11) is 1.66. The van der Waals surface area contributed by atoms with Gasteiger partial charge < -0.3 is 19.3 Å². The second-order valence-electron chi connectivity index (χ2n) is 8.60. The van der Waals surface area contributed by atoms with Crippen molar-refractivity contribution in [1.29, 1.82) is 0 Å². The van der Waals surface area contributed by atoms with Crippen molar-refractivity contribution in [3.8, 4) is 11.4 Å². The fourth-order valence-corrected chi connectivity index (χ4v) is 4.91. The molecule has 1 aromatic heterocycles. The van der Waals surface area contributed by atoms with Crippen LogP contribution in [-0.4, -0.2) is 51.7 Å². The number of aliphatic hydroxyl groups excluding tert-OH is 1. The molecule has 2 aliphatic heterocycles. The van der Waals surface area contributed by atoms with E-state index in [2.05, 4.69) is 9.88 Å². The van der Waals surface area contributed by atoms with Gasteiger partial charge in [0.2, 0.25) is 0 Å². The minimum Gasteiger partial charge on any atom is -0.495 e. The highest BCUT2D eigenvalue weighted by Crippen LogP contribution is 2.42. The van der Waals surface area contributed by atoms with Gasteiger partial charge in [0.05, 0.1) is 37.5 Å². The molecule has 3 aromatic rings. The summed E-state index contributed by atoms with van der Waals surface area (Å²) < 4.78 is 21.1. The standard InChI is InChI=1S/C26H27FN4O2/c1-18-15-30(17-29-18)22-11-5-19(14-23(22)33-2)6-12-25-28-16-26(20-7-9-21(27)10-8-20)24(32)4-3-13-31(25)26/h5-12,14-15,17,24,32H,3-4,13,16H2,1-2H3/b12-6+/t24-,26-/m0/s1. The summed E-state index contributed by atoms with van der Waals surface area (Å²) in [5.74, 6) is 1.29. The van der Waals surface area contributed by atoms with E-state index in [4.69, 9.17) is 9.73 Å². The van der Waals surface area contributed by atoms with Crippen LogP contribution in [0.25, 0.3) is 11.8 Å². The van der Waals surface area contributed by atoms with Gasteiger partial charge in [0, 0.05) is 12.7 Å². The third-order valence-electron chi connectivity index (χ3n) is 6.61. The Morgan fingerprint density at radius 3 is 2.73 bits per heavy atom. The lowest BCUT2D eigenvalue weighted by atomic mass is 9.78. The van der Waals surface area contributed by atoms with Crippen molar-refractivity contribution >= 4 is 11.9 Å². The van der Waals surface area contributed by atoms with Crippen LogP contribution in [0, 0.1) is 12.7 Å². The van der Waals surface area contributed by atoms with E-state index in [0.29, 0.717) is 13.0 Å². The molecule has 0 amide bonds. The lowest BCUT2D eigenvalue weighted by Crippen LogP contribution is -2.57. The number of methoxy groups -OCH3 is 1. The highest BCUT2D eigenvalue weighted by atomic mass is 19.1. The Kier molecular flexibility index (Phi) is 5.50. The molecule has 5 rings (SSSR count). The normalized spacial score (nSPS) is 22.5. The van der Waals surface area contributed by atoms with Crippen molar-refractivity contribution in [2.75, 3.05) is 20.2 Å². The third-order valence-corrected chi connectivity index (χ3v) is 6.61. The zero-order valence-electron chi connectivity index (χ0n) is 18.8. The molecule has 1 N–H and O–H groups in total. The van der Waals surface area contributed by atoms with Crippen LogP contribution in [-0.2, 0) is 5.54 Å². The zero-order chi connectivity index (χ0) is 23.0. The Morgan fingerprint density at radius 1 is 1.18 bits per heavy atom. The Balaban J connectivity index is 1.43. The highest BCUT2D eigenvalue weighted by Gasteiger charge is 2.51. The minimum atomic E-state index is -0.646. The largest absolute Gasteiger partial charge is 0.495 e.